The van der Waals surface area contributed by atoms with Crippen molar-refractivity contribution >= 4 is 5.97 Å². The molecule has 0 atom stereocenters. The molecule has 9 heavy (non-hydrogen) atoms. The van der Waals surface area contributed by atoms with Crippen LogP contribution in [0.3, 0.4) is 0 Å². The van der Waals surface area contributed by atoms with E-state index in [0.717, 1.165) is 6.42 Å². The molecule has 51 valence electrons. The maximum atomic E-state index is 10.4. The minimum atomic E-state index is -0.0880. The summed E-state index contributed by atoms with van der Waals surface area (Å²) < 4.78 is 4.64. The normalized spacial score (nSPS) is 7.78. The fourth-order valence-electron chi connectivity index (χ4n) is 0.437. The van der Waals surface area contributed by atoms with Gasteiger partial charge in [0.05, 0.1) is 6.61 Å². The smallest absolute Gasteiger partial charge is 0.305 e. The van der Waals surface area contributed by atoms with Crippen molar-refractivity contribution in [2.45, 2.75) is 26.7 Å². The molecule has 0 rings (SSSR count). The summed E-state index contributed by atoms with van der Waals surface area (Å²) in [5.41, 5.74) is 0. The predicted octanol–water partition coefficient (Wildman–Crippen LogP) is 1.35. The number of carbonyl (C=O) groups excluding carboxylic acids is 1. The molecule has 0 N–H and O–H groups in total. The molecule has 0 bridgehead atoms. The summed E-state index contributed by atoms with van der Waals surface area (Å²) in [5, 5.41) is 0. The van der Waals surface area contributed by atoms with Crippen molar-refractivity contribution in [3.8, 4) is 0 Å². The van der Waals surface area contributed by atoms with Crippen LogP contribution in [0.1, 0.15) is 26.7 Å². The van der Waals surface area contributed by atoms with Crippen molar-refractivity contribution in [2.24, 2.45) is 0 Å². The number of ether oxygens (including phenoxy) is 1. The second-order valence-corrected chi connectivity index (χ2v) is 1.56. The van der Waals surface area contributed by atoms with E-state index in [1.54, 1.807) is 0 Å². The van der Waals surface area contributed by atoms with Crippen molar-refractivity contribution in [2.75, 3.05) is 6.61 Å². The Labute approximate surface area is 81.2 Å². The third-order valence-corrected chi connectivity index (χ3v) is 0.759. The molecule has 0 aliphatic carbocycles. The second kappa shape index (κ2) is 8.57. The zero-order valence-electron chi connectivity index (χ0n) is 6.02. The zero-order valence-corrected chi connectivity index (χ0v) is 8.85. The molecule has 0 saturated heterocycles. The van der Waals surface area contributed by atoms with E-state index in [-0.39, 0.29) is 38.7 Å². The molecule has 0 aromatic heterocycles. The van der Waals surface area contributed by atoms with Gasteiger partial charge in [0.2, 0.25) is 0 Å². The number of hydrogen-bond acceptors (Lipinski definition) is 2. The van der Waals surface area contributed by atoms with Crippen molar-refractivity contribution in [1.82, 2.24) is 0 Å². The van der Waals surface area contributed by atoms with Gasteiger partial charge in [0.1, 0.15) is 0 Å². The Morgan fingerprint density at radius 3 is 2.33 bits per heavy atom. The first-order chi connectivity index (χ1) is 3.81. The Morgan fingerprint density at radius 2 is 2.00 bits per heavy atom. The maximum Gasteiger partial charge on any atom is 0.305 e. The van der Waals surface area contributed by atoms with E-state index in [1.165, 1.54) is 0 Å². The van der Waals surface area contributed by atoms with Gasteiger partial charge in [-0.25, -0.2) is 0 Å². The summed E-state index contributed by atoms with van der Waals surface area (Å²) in [6.07, 6.45) is 1.42. The molecule has 0 spiro atoms. The Morgan fingerprint density at radius 1 is 1.44 bits per heavy atom. The first-order valence-corrected chi connectivity index (χ1v) is 2.96. The van der Waals surface area contributed by atoms with Crippen molar-refractivity contribution in [3.63, 3.8) is 0 Å². The SMILES string of the molecule is CCCC(=O)OCC.[Y]. The van der Waals surface area contributed by atoms with Crippen LogP contribution in [0.5, 0.6) is 0 Å². The monoisotopic (exact) mass is 205 g/mol. The topological polar surface area (TPSA) is 26.3 Å². The van der Waals surface area contributed by atoms with E-state index in [2.05, 4.69) is 4.74 Å². The quantitative estimate of drug-likeness (QED) is 0.650. The van der Waals surface area contributed by atoms with E-state index >= 15 is 0 Å². The van der Waals surface area contributed by atoms with Gasteiger partial charge in [-0.1, -0.05) is 6.92 Å². The van der Waals surface area contributed by atoms with E-state index in [9.17, 15) is 4.79 Å². The number of esters is 1. The van der Waals surface area contributed by atoms with Gasteiger partial charge in [-0.15, -0.1) is 0 Å². The number of carbonyl (C=O) groups is 1. The third kappa shape index (κ3) is 8.57. The molecule has 3 heteroatoms. The van der Waals surface area contributed by atoms with Gasteiger partial charge < -0.3 is 4.74 Å². The van der Waals surface area contributed by atoms with Crippen LogP contribution in [0, 0.1) is 0 Å². The Balaban J connectivity index is 0. The van der Waals surface area contributed by atoms with Crippen molar-refractivity contribution in [3.05, 3.63) is 0 Å². The van der Waals surface area contributed by atoms with Crippen molar-refractivity contribution < 1.29 is 42.2 Å². The van der Waals surface area contributed by atoms with Crippen LogP contribution in [-0.4, -0.2) is 12.6 Å². The first-order valence-electron chi connectivity index (χ1n) is 2.96. The Bertz CT molecular complexity index is 65.5. The average molecular weight is 205 g/mol. The number of rotatable bonds is 3. The molecule has 0 aromatic rings. The van der Waals surface area contributed by atoms with E-state index < -0.39 is 0 Å². The van der Waals surface area contributed by atoms with E-state index in [1.807, 2.05) is 13.8 Å². The maximum absolute atomic E-state index is 10.4. The zero-order chi connectivity index (χ0) is 6.41. The molecular formula is C6H12O2Y. The first kappa shape index (κ1) is 12.3. The molecule has 0 aliphatic heterocycles. The van der Waals surface area contributed by atoms with Crippen LogP contribution in [0.25, 0.3) is 0 Å². The van der Waals surface area contributed by atoms with Gasteiger partial charge in [0.15, 0.2) is 0 Å². The fourth-order valence-corrected chi connectivity index (χ4v) is 0.437. The summed E-state index contributed by atoms with van der Waals surface area (Å²) in [5.74, 6) is -0.0880. The van der Waals surface area contributed by atoms with Crippen LogP contribution in [0.2, 0.25) is 0 Å². The molecular weight excluding hydrogens is 193 g/mol. The average Bonchev–Trinajstić information content (AvgIpc) is 1.68. The van der Waals surface area contributed by atoms with Gasteiger partial charge in [0.25, 0.3) is 0 Å². The minimum Gasteiger partial charge on any atom is -0.466 e. The van der Waals surface area contributed by atoms with E-state index in [0.29, 0.717) is 13.0 Å². The Kier molecular flexibility index (Phi) is 11.7. The minimum absolute atomic E-state index is 0. The van der Waals surface area contributed by atoms with Crippen LogP contribution < -0.4 is 0 Å². The summed E-state index contributed by atoms with van der Waals surface area (Å²) >= 11 is 0. The molecule has 0 heterocycles. The molecule has 0 saturated carbocycles. The van der Waals surface area contributed by atoms with Gasteiger partial charge in [-0.05, 0) is 13.3 Å². The van der Waals surface area contributed by atoms with Crippen LogP contribution in [-0.2, 0) is 42.2 Å². The summed E-state index contributed by atoms with van der Waals surface area (Å²) in [4.78, 5) is 10.4. The fraction of sp³-hybridized carbons (Fsp3) is 0.833. The number of hydrogen-bond donors (Lipinski definition) is 0. The van der Waals surface area contributed by atoms with Gasteiger partial charge in [-0.3, -0.25) is 4.79 Å². The van der Waals surface area contributed by atoms with Crippen LogP contribution >= 0.6 is 0 Å². The molecule has 0 fully saturated rings. The van der Waals surface area contributed by atoms with Gasteiger partial charge >= 0.3 is 5.97 Å². The van der Waals surface area contributed by atoms with Crippen molar-refractivity contribution in [1.29, 1.82) is 0 Å². The summed E-state index contributed by atoms with van der Waals surface area (Å²) in [7, 11) is 0. The van der Waals surface area contributed by atoms with Gasteiger partial charge in [0, 0.05) is 39.1 Å². The van der Waals surface area contributed by atoms with Crippen LogP contribution in [0.15, 0.2) is 0 Å². The Hall–Kier alpha value is 0.574. The molecule has 0 aliphatic rings. The molecule has 0 unspecified atom stereocenters. The predicted molar refractivity (Wildman–Crippen MR) is 31.5 cm³/mol. The molecule has 1 radical (unpaired) electrons. The standard InChI is InChI=1S/C6H12O2.Y/c1-3-5-6(7)8-4-2;/h3-5H2,1-2H3;. The summed E-state index contributed by atoms with van der Waals surface area (Å²) in [6, 6.07) is 0. The largest absolute Gasteiger partial charge is 0.466 e. The summed E-state index contributed by atoms with van der Waals surface area (Å²) in [6.45, 7) is 4.27. The second-order valence-electron chi connectivity index (χ2n) is 1.56. The van der Waals surface area contributed by atoms with E-state index in [4.69, 9.17) is 0 Å². The van der Waals surface area contributed by atoms with Gasteiger partial charge in [-0.2, -0.15) is 0 Å². The van der Waals surface area contributed by atoms with Crippen LogP contribution in [0.4, 0.5) is 0 Å². The molecule has 2 nitrogen and oxygen atoms in total. The molecule has 0 amide bonds. The third-order valence-electron chi connectivity index (χ3n) is 0.759. The molecule has 0 aromatic carbocycles.